The van der Waals surface area contributed by atoms with Crippen molar-refractivity contribution in [3.63, 3.8) is 0 Å². The largest absolute Gasteiger partial charge is 0.489 e. The van der Waals surface area contributed by atoms with Crippen molar-refractivity contribution in [1.29, 1.82) is 0 Å². The molecule has 2 amide bonds. The summed E-state index contributed by atoms with van der Waals surface area (Å²) in [7, 11) is 0. The molecule has 3 aromatic rings. The number of para-hydroxylation sites is 1. The first-order valence-electron chi connectivity index (χ1n) is 8.82. The molecule has 0 spiro atoms. The van der Waals surface area contributed by atoms with Crippen LogP contribution in [0.4, 0.5) is 18.9 Å². The van der Waals surface area contributed by atoms with Gasteiger partial charge in [0.2, 0.25) is 0 Å². The molecule has 30 heavy (non-hydrogen) atoms. The van der Waals surface area contributed by atoms with Gasteiger partial charge >= 0.3 is 6.18 Å². The first kappa shape index (κ1) is 21.0. The summed E-state index contributed by atoms with van der Waals surface area (Å²) in [6.07, 6.45) is -3.17. The predicted molar refractivity (Wildman–Crippen MR) is 102 cm³/mol. The number of nitrogens with one attached hydrogen (secondary N) is 2. The van der Waals surface area contributed by atoms with Gasteiger partial charge in [0, 0.05) is 16.8 Å². The molecule has 0 radical (unpaired) electrons. The Morgan fingerprint density at radius 3 is 2.47 bits per heavy atom. The number of hydrogen-bond acceptors (Lipinski definition) is 4. The SMILES string of the molecule is O=C(NCC(F)(F)F)c1cccc(NC(=O)c2occc2COc2ccccc2)c1. The maximum absolute atomic E-state index is 12.5. The van der Waals surface area contributed by atoms with Gasteiger partial charge in [0.15, 0.2) is 5.76 Å². The molecule has 0 aliphatic heterocycles. The van der Waals surface area contributed by atoms with Crippen LogP contribution in [0, 0.1) is 0 Å². The first-order valence-corrected chi connectivity index (χ1v) is 8.82. The van der Waals surface area contributed by atoms with E-state index in [0.717, 1.165) is 0 Å². The van der Waals surface area contributed by atoms with E-state index in [2.05, 4.69) is 5.32 Å². The summed E-state index contributed by atoms with van der Waals surface area (Å²) >= 11 is 0. The second-order valence-corrected chi connectivity index (χ2v) is 6.21. The van der Waals surface area contributed by atoms with Gasteiger partial charge in [-0.25, -0.2) is 0 Å². The maximum atomic E-state index is 12.5. The van der Waals surface area contributed by atoms with Crippen molar-refractivity contribution >= 4 is 17.5 Å². The predicted octanol–water partition coefficient (Wildman–Crippen LogP) is 4.40. The Labute approximate surface area is 169 Å². The fourth-order valence-electron chi connectivity index (χ4n) is 2.53. The summed E-state index contributed by atoms with van der Waals surface area (Å²) in [5.41, 5.74) is 0.713. The molecule has 1 aromatic heterocycles. The fourth-order valence-corrected chi connectivity index (χ4v) is 2.53. The summed E-state index contributed by atoms with van der Waals surface area (Å²) in [5.74, 6) is -0.835. The molecule has 0 unspecified atom stereocenters. The fraction of sp³-hybridized carbons (Fsp3) is 0.143. The Hall–Kier alpha value is -3.75. The maximum Gasteiger partial charge on any atom is 0.405 e. The van der Waals surface area contributed by atoms with Gasteiger partial charge in [-0.2, -0.15) is 13.2 Å². The molecule has 0 bridgehead atoms. The van der Waals surface area contributed by atoms with Gasteiger partial charge in [-0.3, -0.25) is 9.59 Å². The van der Waals surface area contributed by atoms with E-state index >= 15 is 0 Å². The van der Waals surface area contributed by atoms with Gasteiger partial charge in [0.1, 0.15) is 18.9 Å². The van der Waals surface area contributed by atoms with Gasteiger partial charge in [0.05, 0.1) is 6.26 Å². The number of amides is 2. The lowest BCUT2D eigenvalue weighted by Crippen LogP contribution is -2.33. The normalized spacial score (nSPS) is 11.0. The topological polar surface area (TPSA) is 80.6 Å². The minimum Gasteiger partial charge on any atom is -0.489 e. The van der Waals surface area contributed by atoms with Crippen LogP contribution in [-0.4, -0.2) is 24.5 Å². The van der Waals surface area contributed by atoms with E-state index in [0.29, 0.717) is 11.3 Å². The smallest absolute Gasteiger partial charge is 0.405 e. The molecular weight excluding hydrogens is 401 g/mol. The third kappa shape index (κ3) is 5.87. The molecule has 2 aromatic carbocycles. The number of alkyl halides is 3. The Kier molecular flexibility index (Phi) is 6.41. The highest BCUT2D eigenvalue weighted by atomic mass is 19.4. The summed E-state index contributed by atoms with van der Waals surface area (Å²) in [6, 6.07) is 16.2. The Morgan fingerprint density at radius 1 is 0.967 bits per heavy atom. The van der Waals surface area contributed by atoms with Crippen LogP contribution in [0.25, 0.3) is 0 Å². The number of carbonyl (C=O) groups excluding carboxylic acids is 2. The average Bonchev–Trinajstić information content (AvgIpc) is 3.20. The van der Waals surface area contributed by atoms with Crippen LogP contribution < -0.4 is 15.4 Å². The van der Waals surface area contributed by atoms with E-state index in [4.69, 9.17) is 9.15 Å². The summed E-state index contributed by atoms with van der Waals surface area (Å²) in [4.78, 5) is 24.4. The summed E-state index contributed by atoms with van der Waals surface area (Å²) < 4.78 is 47.6. The highest BCUT2D eigenvalue weighted by Gasteiger charge is 2.28. The molecule has 2 N–H and O–H groups in total. The molecule has 0 saturated heterocycles. The number of rotatable bonds is 7. The van der Waals surface area contributed by atoms with Crippen molar-refractivity contribution in [2.45, 2.75) is 12.8 Å². The van der Waals surface area contributed by atoms with Crippen molar-refractivity contribution in [3.05, 3.63) is 83.8 Å². The first-order chi connectivity index (χ1) is 14.3. The standard InChI is InChI=1S/C21H17F3N2O4/c22-21(23,24)13-25-19(27)14-5-4-6-16(11-14)26-20(28)18-15(9-10-29-18)12-30-17-7-2-1-3-8-17/h1-11H,12-13H2,(H,25,27)(H,26,28). The monoisotopic (exact) mass is 418 g/mol. The molecule has 3 rings (SSSR count). The molecule has 6 nitrogen and oxygen atoms in total. The summed E-state index contributed by atoms with van der Waals surface area (Å²) in [6.45, 7) is -1.34. The minimum absolute atomic E-state index is 0.0240. The molecule has 156 valence electrons. The Morgan fingerprint density at radius 2 is 1.73 bits per heavy atom. The van der Waals surface area contributed by atoms with E-state index in [1.54, 1.807) is 23.5 Å². The van der Waals surface area contributed by atoms with Crippen LogP contribution in [0.2, 0.25) is 0 Å². The second kappa shape index (κ2) is 9.17. The van der Waals surface area contributed by atoms with Crippen molar-refractivity contribution in [2.24, 2.45) is 0 Å². The van der Waals surface area contributed by atoms with E-state index in [-0.39, 0.29) is 23.6 Å². The second-order valence-electron chi connectivity index (χ2n) is 6.21. The molecular formula is C21H17F3N2O4. The number of anilines is 1. The average molecular weight is 418 g/mol. The molecule has 0 fully saturated rings. The quantitative estimate of drug-likeness (QED) is 0.596. The number of halogens is 3. The van der Waals surface area contributed by atoms with Crippen molar-refractivity contribution in [3.8, 4) is 5.75 Å². The van der Waals surface area contributed by atoms with Crippen LogP contribution in [0.15, 0.2) is 71.3 Å². The van der Waals surface area contributed by atoms with Crippen molar-refractivity contribution < 1.29 is 31.9 Å². The lowest BCUT2D eigenvalue weighted by Gasteiger charge is -2.10. The summed E-state index contributed by atoms with van der Waals surface area (Å²) in [5, 5.41) is 4.34. The van der Waals surface area contributed by atoms with Crippen molar-refractivity contribution in [2.75, 3.05) is 11.9 Å². The molecule has 0 aliphatic rings. The molecule has 1 heterocycles. The number of ether oxygens (including phenoxy) is 1. The third-order valence-corrected chi connectivity index (χ3v) is 3.92. The molecule has 0 aliphatic carbocycles. The Bertz CT molecular complexity index is 1020. The third-order valence-electron chi connectivity index (χ3n) is 3.92. The zero-order chi connectivity index (χ0) is 21.6. The Balaban J connectivity index is 1.64. The van der Waals surface area contributed by atoms with Crippen LogP contribution in [0.1, 0.15) is 26.5 Å². The van der Waals surface area contributed by atoms with E-state index < -0.39 is 24.5 Å². The van der Waals surface area contributed by atoms with Gasteiger partial charge in [-0.15, -0.1) is 0 Å². The lowest BCUT2D eigenvalue weighted by atomic mass is 10.1. The zero-order valence-corrected chi connectivity index (χ0v) is 15.5. The van der Waals surface area contributed by atoms with Crippen LogP contribution in [0.3, 0.4) is 0 Å². The molecule has 9 heteroatoms. The number of benzene rings is 2. The van der Waals surface area contributed by atoms with Crippen LogP contribution in [0.5, 0.6) is 5.75 Å². The van der Waals surface area contributed by atoms with Gasteiger partial charge in [-0.05, 0) is 36.4 Å². The number of furan rings is 1. The minimum atomic E-state index is -4.51. The number of carbonyl (C=O) groups is 2. The van der Waals surface area contributed by atoms with Gasteiger partial charge in [-0.1, -0.05) is 24.3 Å². The van der Waals surface area contributed by atoms with Crippen LogP contribution >= 0.6 is 0 Å². The van der Waals surface area contributed by atoms with E-state index in [1.165, 1.54) is 30.5 Å². The van der Waals surface area contributed by atoms with Crippen molar-refractivity contribution in [1.82, 2.24) is 5.32 Å². The lowest BCUT2D eigenvalue weighted by molar-refractivity contribution is -0.123. The highest BCUT2D eigenvalue weighted by Crippen LogP contribution is 2.19. The van der Waals surface area contributed by atoms with E-state index in [1.807, 2.05) is 18.2 Å². The highest BCUT2D eigenvalue weighted by molar-refractivity contribution is 6.04. The number of hydrogen-bond donors (Lipinski definition) is 2. The zero-order valence-electron chi connectivity index (χ0n) is 15.5. The van der Waals surface area contributed by atoms with E-state index in [9.17, 15) is 22.8 Å². The molecule has 0 saturated carbocycles. The van der Waals surface area contributed by atoms with Gasteiger partial charge in [0.25, 0.3) is 11.8 Å². The van der Waals surface area contributed by atoms with Gasteiger partial charge < -0.3 is 19.8 Å². The van der Waals surface area contributed by atoms with Crippen LogP contribution in [-0.2, 0) is 6.61 Å². The molecule has 0 atom stereocenters.